The summed E-state index contributed by atoms with van der Waals surface area (Å²) in [6.07, 6.45) is 9.73. The van der Waals surface area contributed by atoms with Gasteiger partial charge in [-0.2, -0.15) is 0 Å². The summed E-state index contributed by atoms with van der Waals surface area (Å²) >= 11 is 0. The van der Waals surface area contributed by atoms with E-state index in [0.29, 0.717) is 0 Å². The summed E-state index contributed by atoms with van der Waals surface area (Å²) < 4.78 is 4.20. The predicted octanol–water partition coefficient (Wildman–Crippen LogP) is 2.10. The molecule has 0 saturated heterocycles. The summed E-state index contributed by atoms with van der Waals surface area (Å²) in [6.45, 7) is 3.31. The molecule has 2 heterocycles. The Morgan fingerprint density at radius 1 is 1.04 bits per heavy atom. The van der Waals surface area contributed by atoms with Crippen LogP contribution in [0.2, 0.25) is 0 Å². The van der Waals surface area contributed by atoms with E-state index in [4.69, 9.17) is 0 Å². The zero-order chi connectivity index (χ0) is 17.3. The average Bonchev–Trinajstić information content (AvgIpc) is 3.32. The molecule has 0 bridgehead atoms. The Labute approximate surface area is 148 Å². The zero-order valence-corrected chi connectivity index (χ0v) is 14.5. The first-order valence-electron chi connectivity index (χ1n) is 8.42. The number of hydrogen-bond acceptors (Lipinski definition) is 2. The summed E-state index contributed by atoms with van der Waals surface area (Å²) in [7, 11) is 1.79. The third kappa shape index (κ3) is 5.24. The van der Waals surface area contributed by atoms with Crippen molar-refractivity contribution in [3.05, 3.63) is 78.6 Å². The van der Waals surface area contributed by atoms with Gasteiger partial charge in [-0.25, -0.2) is 4.98 Å². The Morgan fingerprint density at radius 3 is 2.64 bits per heavy atom. The highest BCUT2D eigenvalue weighted by atomic mass is 15.2. The molecule has 0 saturated carbocycles. The maximum Gasteiger partial charge on any atom is 0.191 e. The number of hydrogen-bond donors (Lipinski definition) is 2. The molecule has 0 spiro atoms. The maximum absolute atomic E-state index is 4.28. The largest absolute Gasteiger partial charge is 0.355 e. The Morgan fingerprint density at radius 2 is 1.88 bits per heavy atom. The van der Waals surface area contributed by atoms with Crippen LogP contribution in [-0.2, 0) is 19.6 Å². The van der Waals surface area contributed by atoms with Crippen LogP contribution in [0, 0.1) is 0 Å². The van der Waals surface area contributed by atoms with Crippen LogP contribution in [0.15, 0.2) is 72.5 Å². The molecule has 3 rings (SSSR count). The van der Waals surface area contributed by atoms with Gasteiger partial charge in [0.05, 0.1) is 6.33 Å². The van der Waals surface area contributed by atoms with E-state index in [1.54, 1.807) is 13.2 Å². The number of nitrogens with zero attached hydrogens (tertiary/aromatic N) is 4. The fourth-order valence-corrected chi connectivity index (χ4v) is 2.66. The van der Waals surface area contributed by atoms with Gasteiger partial charge in [0.1, 0.15) is 0 Å². The molecule has 6 nitrogen and oxygen atoms in total. The Kier molecular flexibility index (Phi) is 5.87. The average molecular weight is 336 g/mol. The SMILES string of the molecule is CN=C(NCCn1cccc1)NCc1cccc(Cn2ccnc2)c1. The molecule has 0 fully saturated rings. The van der Waals surface area contributed by atoms with Crippen LogP contribution >= 0.6 is 0 Å². The summed E-state index contributed by atoms with van der Waals surface area (Å²) in [4.78, 5) is 8.36. The monoisotopic (exact) mass is 336 g/mol. The van der Waals surface area contributed by atoms with Gasteiger partial charge < -0.3 is 19.8 Å². The molecule has 3 aromatic rings. The topological polar surface area (TPSA) is 59.2 Å². The first kappa shape index (κ1) is 16.8. The quantitative estimate of drug-likeness (QED) is 0.513. The minimum atomic E-state index is 0.737. The van der Waals surface area contributed by atoms with E-state index in [0.717, 1.165) is 32.1 Å². The first-order valence-corrected chi connectivity index (χ1v) is 8.42. The lowest BCUT2D eigenvalue weighted by Crippen LogP contribution is -2.38. The van der Waals surface area contributed by atoms with Crippen molar-refractivity contribution >= 4 is 5.96 Å². The van der Waals surface area contributed by atoms with Crippen molar-refractivity contribution in [3.63, 3.8) is 0 Å². The number of imidazole rings is 1. The van der Waals surface area contributed by atoms with Gasteiger partial charge in [0.2, 0.25) is 0 Å². The van der Waals surface area contributed by atoms with E-state index in [9.17, 15) is 0 Å². The fraction of sp³-hybridized carbons (Fsp3) is 0.263. The zero-order valence-electron chi connectivity index (χ0n) is 14.5. The number of aliphatic imine (C=N–C) groups is 1. The highest BCUT2D eigenvalue weighted by molar-refractivity contribution is 5.79. The standard InChI is InChI=1S/C19H24N6/c1-20-19(22-8-12-24-9-2-3-10-24)23-14-17-5-4-6-18(13-17)15-25-11-7-21-16-25/h2-7,9-11,13,16H,8,12,14-15H2,1H3,(H2,20,22,23). The predicted molar refractivity (Wildman–Crippen MR) is 100 cm³/mol. The molecule has 0 aliphatic rings. The van der Waals surface area contributed by atoms with Crippen molar-refractivity contribution in [2.45, 2.75) is 19.6 Å². The fourth-order valence-electron chi connectivity index (χ4n) is 2.66. The molecular weight excluding hydrogens is 312 g/mol. The Balaban J connectivity index is 1.47. The summed E-state index contributed by atoms with van der Waals surface area (Å²) in [5.41, 5.74) is 2.49. The van der Waals surface area contributed by atoms with E-state index < -0.39 is 0 Å². The van der Waals surface area contributed by atoms with Crippen LogP contribution in [0.5, 0.6) is 0 Å². The third-order valence-corrected chi connectivity index (χ3v) is 3.93. The number of benzene rings is 1. The van der Waals surface area contributed by atoms with Crippen molar-refractivity contribution in [2.24, 2.45) is 4.99 Å². The van der Waals surface area contributed by atoms with E-state index in [2.05, 4.69) is 66.4 Å². The van der Waals surface area contributed by atoms with Crippen molar-refractivity contribution < 1.29 is 0 Å². The molecule has 130 valence electrons. The van der Waals surface area contributed by atoms with Gasteiger partial charge in [-0.15, -0.1) is 0 Å². The Hall–Kier alpha value is -3.02. The van der Waals surface area contributed by atoms with Crippen molar-refractivity contribution in [1.82, 2.24) is 24.8 Å². The lowest BCUT2D eigenvalue weighted by atomic mass is 10.1. The lowest BCUT2D eigenvalue weighted by molar-refractivity contribution is 0.665. The van der Waals surface area contributed by atoms with Gasteiger partial charge in [0, 0.05) is 58.0 Å². The number of guanidine groups is 1. The van der Waals surface area contributed by atoms with Crippen molar-refractivity contribution in [3.8, 4) is 0 Å². The molecule has 25 heavy (non-hydrogen) atoms. The van der Waals surface area contributed by atoms with E-state index in [-0.39, 0.29) is 0 Å². The first-order chi connectivity index (χ1) is 12.3. The van der Waals surface area contributed by atoms with Crippen molar-refractivity contribution in [2.75, 3.05) is 13.6 Å². The normalized spacial score (nSPS) is 11.5. The highest BCUT2D eigenvalue weighted by Crippen LogP contribution is 2.07. The van der Waals surface area contributed by atoms with Crippen LogP contribution in [0.4, 0.5) is 0 Å². The molecule has 2 N–H and O–H groups in total. The summed E-state index contributed by atoms with van der Waals surface area (Å²) in [5.74, 6) is 0.812. The number of aromatic nitrogens is 3. The van der Waals surface area contributed by atoms with Crippen LogP contribution in [0.1, 0.15) is 11.1 Å². The molecule has 6 heteroatoms. The van der Waals surface area contributed by atoms with E-state index in [1.165, 1.54) is 11.1 Å². The summed E-state index contributed by atoms with van der Waals surface area (Å²) in [6, 6.07) is 12.6. The second-order valence-corrected chi connectivity index (χ2v) is 5.83. The molecule has 0 aliphatic heterocycles. The van der Waals surface area contributed by atoms with Gasteiger partial charge >= 0.3 is 0 Å². The molecule has 0 atom stereocenters. The van der Waals surface area contributed by atoms with Crippen molar-refractivity contribution in [1.29, 1.82) is 0 Å². The highest BCUT2D eigenvalue weighted by Gasteiger charge is 2.00. The molecule has 1 aromatic carbocycles. The maximum atomic E-state index is 4.28. The van der Waals surface area contributed by atoms with Crippen LogP contribution in [0.3, 0.4) is 0 Å². The molecule has 0 radical (unpaired) electrons. The van der Waals surface area contributed by atoms with Gasteiger partial charge in [0.25, 0.3) is 0 Å². The van der Waals surface area contributed by atoms with Gasteiger partial charge in [-0.05, 0) is 23.3 Å². The minimum Gasteiger partial charge on any atom is -0.355 e. The molecular formula is C19H24N6. The smallest absolute Gasteiger partial charge is 0.191 e. The second kappa shape index (κ2) is 8.73. The van der Waals surface area contributed by atoms with Crippen LogP contribution < -0.4 is 10.6 Å². The lowest BCUT2D eigenvalue weighted by Gasteiger charge is -2.13. The molecule has 2 aromatic heterocycles. The molecule has 0 amide bonds. The van der Waals surface area contributed by atoms with Gasteiger partial charge in [0.15, 0.2) is 5.96 Å². The summed E-state index contributed by atoms with van der Waals surface area (Å²) in [5, 5.41) is 6.70. The minimum absolute atomic E-state index is 0.737. The molecule has 0 unspecified atom stereocenters. The number of rotatable bonds is 7. The number of nitrogens with one attached hydrogen (secondary N) is 2. The van der Waals surface area contributed by atoms with E-state index >= 15 is 0 Å². The molecule has 0 aliphatic carbocycles. The van der Waals surface area contributed by atoms with Gasteiger partial charge in [-0.3, -0.25) is 4.99 Å². The second-order valence-electron chi connectivity index (χ2n) is 5.83. The van der Waals surface area contributed by atoms with Crippen LogP contribution in [0.25, 0.3) is 0 Å². The van der Waals surface area contributed by atoms with Gasteiger partial charge in [-0.1, -0.05) is 24.3 Å². The Bertz CT molecular complexity index is 774. The van der Waals surface area contributed by atoms with Crippen LogP contribution in [-0.4, -0.2) is 33.7 Å². The van der Waals surface area contributed by atoms with E-state index in [1.807, 2.05) is 24.7 Å². The third-order valence-electron chi connectivity index (χ3n) is 3.93.